The van der Waals surface area contributed by atoms with Crippen LogP contribution in [0.3, 0.4) is 0 Å². The Hall–Kier alpha value is -1.22. The second-order valence-corrected chi connectivity index (χ2v) is 3.14. The van der Waals surface area contributed by atoms with E-state index >= 15 is 0 Å². The normalized spacial score (nSPS) is 11.5. The lowest BCUT2D eigenvalue weighted by Crippen LogP contribution is -2.02. The number of oxime groups is 1. The highest BCUT2D eigenvalue weighted by atomic mass is 35.5. The molecule has 0 spiro atoms. The SMILES string of the molecule is CCOc1c(Cl)cccc1/C(C)=N/O. The van der Waals surface area contributed by atoms with Crippen molar-refractivity contribution in [2.45, 2.75) is 13.8 Å². The van der Waals surface area contributed by atoms with Gasteiger partial charge in [-0.15, -0.1) is 0 Å². The van der Waals surface area contributed by atoms with Crippen molar-refractivity contribution in [3.05, 3.63) is 28.8 Å². The molecule has 0 saturated heterocycles. The van der Waals surface area contributed by atoms with Crippen LogP contribution < -0.4 is 4.74 Å². The summed E-state index contributed by atoms with van der Waals surface area (Å²) < 4.78 is 5.37. The molecule has 4 heteroatoms. The number of rotatable bonds is 3. The lowest BCUT2D eigenvalue weighted by atomic mass is 10.1. The first-order valence-electron chi connectivity index (χ1n) is 4.31. The predicted octanol–water partition coefficient (Wildman–Crippen LogP) is 2.94. The molecule has 1 N–H and O–H groups in total. The van der Waals surface area contributed by atoms with E-state index in [2.05, 4.69) is 5.16 Å². The van der Waals surface area contributed by atoms with Gasteiger partial charge in [0.2, 0.25) is 0 Å². The molecule has 1 aromatic rings. The Balaban J connectivity index is 3.21. The fraction of sp³-hybridized carbons (Fsp3) is 0.300. The minimum atomic E-state index is 0.482. The third-order valence-electron chi connectivity index (χ3n) is 1.80. The summed E-state index contributed by atoms with van der Waals surface area (Å²) in [6.07, 6.45) is 0. The highest BCUT2D eigenvalue weighted by molar-refractivity contribution is 6.32. The van der Waals surface area contributed by atoms with Gasteiger partial charge in [-0.05, 0) is 26.0 Å². The van der Waals surface area contributed by atoms with Gasteiger partial charge in [0.25, 0.3) is 0 Å². The quantitative estimate of drug-likeness (QED) is 0.477. The number of hydrogen-bond donors (Lipinski definition) is 1. The number of halogens is 1. The average molecular weight is 214 g/mol. The molecule has 0 heterocycles. The standard InChI is InChI=1S/C10H12ClNO2/c1-3-14-10-8(7(2)12-13)5-4-6-9(10)11/h4-6,13H,3H2,1-2H3/b12-7+. The maximum Gasteiger partial charge on any atom is 0.147 e. The van der Waals surface area contributed by atoms with Gasteiger partial charge in [-0.1, -0.05) is 22.8 Å². The van der Waals surface area contributed by atoms with E-state index in [1.165, 1.54) is 0 Å². The summed E-state index contributed by atoms with van der Waals surface area (Å²) in [4.78, 5) is 0. The molecular weight excluding hydrogens is 202 g/mol. The van der Waals surface area contributed by atoms with Gasteiger partial charge in [0.1, 0.15) is 5.75 Å². The Labute approximate surface area is 88.0 Å². The van der Waals surface area contributed by atoms with Crippen LogP contribution in [0.2, 0.25) is 5.02 Å². The Kier molecular flexibility index (Phi) is 3.77. The first kappa shape index (κ1) is 10.9. The van der Waals surface area contributed by atoms with Crippen LogP contribution in [0.4, 0.5) is 0 Å². The van der Waals surface area contributed by atoms with Crippen LogP contribution in [0.25, 0.3) is 0 Å². The minimum absolute atomic E-state index is 0.482. The van der Waals surface area contributed by atoms with Gasteiger partial charge in [-0.25, -0.2) is 0 Å². The molecule has 0 aliphatic carbocycles. The van der Waals surface area contributed by atoms with E-state index in [-0.39, 0.29) is 0 Å². The maximum atomic E-state index is 8.66. The molecule has 0 atom stereocenters. The summed E-state index contributed by atoms with van der Waals surface area (Å²) in [6, 6.07) is 5.32. The fourth-order valence-electron chi connectivity index (χ4n) is 1.14. The van der Waals surface area contributed by atoms with Gasteiger partial charge in [0, 0.05) is 5.56 Å². The Morgan fingerprint density at radius 3 is 2.86 bits per heavy atom. The number of para-hydroxylation sites is 1. The summed E-state index contributed by atoms with van der Waals surface area (Å²) in [6.45, 7) is 4.09. The van der Waals surface area contributed by atoms with Crippen LogP contribution >= 0.6 is 11.6 Å². The van der Waals surface area contributed by atoms with Crippen molar-refractivity contribution in [3.8, 4) is 5.75 Å². The van der Waals surface area contributed by atoms with Crippen LogP contribution in [0.1, 0.15) is 19.4 Å². The van der Waals surface area contributed by atoms with E-state index in [4.69, 9.17) is 21.5 Å². The zero-order chi connectivity index (χ0) is 10.6. The molecular formula is C10H12ClNO2. The van der Waals surface area contributed by atoms with Crippen LogP contribution in [0.5, 0.6) is 5.75 Å². The van der Waals surface area contributed by atoms with Crippen molar-refractivity contribution in [1.29, 1.82) is 0 Å². The average Bonchev–Trinajstić information content (AvgIpc) is 2.20. The molecule has 0 bridgehead atoms. The molecule has 0 radical (unpaired) electrons. The first-order chi connectivity index (χ1) is 6.70. The molecule has 0 aliphatic heterocycles. The summed E-state index contributed by atoms with van der Waals surface area (Å²) in [5, 5.41) is 12.3. The van der Waals surface area contributed by atoms with Gasteiger partial charge in [-0.3, -0.25) is 0 Å². The monoisotopic (exact) mass is 213 g/mol. The Morgan fingerprint density at radius 2 is 2.29 bits per heavy atom. The summed E-state index contributed by atoms with van der Waals surface area (Å²) in [5.74, 6) is 0.562. The van der Waals surface area contributed by atoms with E-state index in [1.54, 1.807) is 25.1 Å². The molecule has 76 valence electrons. The van der Waals surface area contributed by atoms with Gasteiger partial charge in [0.05, 0.1) is 17.3 Å². The van der Waals surface area contributed by atoms with Gasteiger partial charge in [-0.2, -0.15) is 0 Å². The van der Waals surface area contributed by atoms with Crippen molar-refractivity contribution < 1.29 is 9.94 Å². The highest BCUT2D eigenvalue weighted by Gasteiger charge is 2.10. The van der Waals surface area contributed by atoms with Crippen LogP contribution in [-0.2, 0) is 0 Å². The molecule has 3 nitrogen and oxygen atoms in total. The van der Waals surface area contributed by atoms with E-state index in [1.807, 2.05) is 6.92 Å². The molecule has 0 fully saturated rings. The number of hydrogen-bond acceptors (Lipinski definition) is 3. The maximum absolute atomic E-state index is 8.66. The molecule has 1 rings (SSSR count). The largest absolute Gasteiger partial charge is 0.492 e. The van der Waals surface area contributed by atoms with Crippen molar-refractivity contribution in [1.82, 2.24) is 0 Å². The molecule has 0 aliphatic rings. The second-order valence-electron chi connectivity index (χ2n) is 2.73. The highest BCUT2D eigenvalue weighted by Crippen LogP contribution is 2.29. The number of benzene rings is 1. The molecule has 0 amide bonds. The van der Waals surface area contributed by atoms with E-state index < -0.39 is 0 Å². The van der Waals surface area contributed by atoms with E-state index in [0.29, 0.717) is 28.7 Å². The third-order valence-corrected chi connectivity index (χ3v) is 2.09. The van der Waals surface area contributed by atoms with E-state index in [9.17, 15) is 0 Å². The Bertz CT molecular complexity index is 350. The van der Waals surface area contributed by atoms with Crippen molar-refractivity contribution in [3.63, 3.8) is 0 Å². The van der Waals surface area contributed by atoms with Gasteiger partial charge >= 0.3 is 0 Å². The van der Waals surface area contributed by atoms with Crippen molar-refractivity contribution in [2.75, 3.05) is 6.61 Å². The van der Waals surface area contributed by atoms with Gasteiger partial charge < -0.3 is 9.94 Å². The van der Waals surface area contributed by atoms with Crippen molar-refractivity contribution >= 4 is 17.3 Å². The van der Waals surface area contributed by atoms with Gasteiger partial charge in [0.15, 0.2) is 0 Å². The lowest BCUT2D eigenvalue weighted by Gasteiger charge is -2.10. The van der Waals surface area contributed by atoms with Crippen LogP contribution in [-0.4, -0.2) is 17.5 Å². The zero-order valence-electron chi connectivity index (χ0n) is 8.12. The molecule has 0 aromatic heterocycles. The molecule has 0 unspecified atom stereocenters. The van der Waals surface area contributed by atoms with E-state index in [0.717, 1.165) is 0 Å². The summed E-state index contributed by atoms with van der Waals surface area (Å²) in [5.41, 5.74) is 1.19. The summed E-state index contributed by atoms with van der Waals surface area (Å²) >= 11 is 5.95. The minimum Gasteiger partial charge on any atom is -0.492 e. The molecule has 14 heavy (non-hydrogen) atoms. The smallest absolute Gasteiger partial charge is 0.147 e. The topological polar surface area (TPSA) is 41.8 Å². The first-order valence-corrected chi connectivity index (χ1v) is 4.68. The fourth-order valence-corrected chi connectivity index (χ4v) is 1.37. The lowest BCUT2D eigenvalue weighted by molar-refractivity contribution is 0.317. The molecule has 0 saturated carbocycles. The summed E-state index contributed by atoms with van der Waals surface area (Å²) in [7, 11) is 0. The zero-order valence-corrected chi connectivity index (χ0v) is 8.88. The number of ether oxygens (including phenoxy) is 1. The Morgan fingerprint density at radius 1 is 1.57 bits per heavy atom. The molecule has 1 aromatic carbocycles. The van der Waals surface area contributed by atoms with Crippen molar-refractivity contribution in [2.24, 2.45) is 5.16 Å². The van der Waals surface area contributed by atoms with Crippen LogP contribution in [0.15, 0.2) is 23.4 Å². The predicted molar refractivity (Wildman–Crippen MR) is 56.6 cm³/mol. The third kappa shape index (κ3) is 2.17. The van der Waals surface area contributed by atoms with Crippen LogP contribution in [0, 0.1) is 0 Å². The number of nitrogens with zero attached hydrogens (tertiary/aromatic N) is 1. The second kappa shape index (κ2) is 4.86.